The van der Waals surface area contributed by atoms with Crippen molar-refractivity contribution in [3.05, 3.63) is 88.0 Å². The molecule has 0 aliphatic rings. The van der Waals surface area contributed by atoms with E-state index >= 15 is 0 Å². The van der Waals surface area contributed by atoms with Gasteiger partial charge in [-0.05, 0) is 48.5 Å². The molecule has 4 rings (SSSR count). The van der Waals surface area contributed by atoms with E-state index in [1.54, 1.807) is 24.3 Å². The molecule has 0 aliphatic heterocycles. The lowest BCUT2D eigenvalue weighted by Crippen LogP contribution is -2.20. The average Bonchev–Trinajstić information content (AvgIpc) is 3.14. The van der Waals surface area contributed by atoms with Crippen molar-refractivity contribution in [2.24, 2.45) is 0 Å². The minimum absolute atomic E-state index is 0.0931. The zero-order chi connectivity index (χ0) is 22.1. The molecule has 0 fully saturated rings. The fourth-order valence-corrected chi connectivity index (χ4v) is 3.37. The molecule has 9 heteroatoms. The zero-order valence-electron chi connectivity index (χ0n) is 16.2. The topological polar surface area (TPSA) is 100 Å². The van der Waals surface area contributed by atoms with Crippen molar-refractivity contribution in [3.63, 3.8) is 0 Å². The summed E-state index contributed by atoms with van der Waals surface area (Å²) in [4.78, 5) is 14.2. The summed E-state index contributed by atoms with van der Waals surface area (Å²) in [6, 6.07) is 14.6. The molecule has 1 unspecified atom stereocenters. The van der Waals surface area contributed by atoms with Crippen molar-refractivity contribution in [2.45, 2.75) is 6.17 Å². The van der Waals surface area contributed by atoms with E-state index in [-0.39, 0.29) is 11.3 Å². The highest BCUT2D eigenvalue weighted by Gasteiger charge is 2.24. The summed E-state index contributed by atoms with van der Waals surface area (Å²) in [5.41, 5.74) is 2.20. The molecule has 1 aromatic heterocycles. The van der Waals surface area contributed by atoms with Gasteiger partial charge in [0.05, 0.1) is 23.3 Å². The number of anilines is 1. The molecule has 0 saturated carbocycles. The number of aromatic nitrogens is 1. The summed E-state index contributed by atoms with van der Waals surface area (Å²) >= 11 is 0. The Morgan fingerprint density at radius 1 is 1.10 bits per heavy atom. The first kappa shape index (κ1) is 20.1. The van der Waals surface area contributed by atoms with Crippen molar-refractivity contribution < 1.29 is 23.5 Å². The van der Waals surface area contributed by atoms with Gasteiger partial charge in [0.25, 0.3) is 0 Å². The number of fused-ring (bicyclic) bond motifs is 1. The fraction of sp³-hybridized carbons (Fsp3) is 0.0909. The molecule has 3 N–H and O–H groups in total. The second-order valence-corrected chi connectivity index (χ2v) is 6.88. The van der Waals surface area contributed by atoms with Gasteiger partial charge in [0.1, 0.15) is 11.5 Å². The summed E-state index contributed by atoms with van der Waals surface area (Å²) in [7, 11) is 1.43. The second-order valence-electron chi connectivity index (χ2n) is 6.88. The maximum atomic E-state index is 13.5. The molecule has 0 amide bonds. The van der Waals surface area contributed by atoms with Gasteiger partial charge in [-0.2, -0.15) is 0 Å². The Hall–Kier alpha value is -4.14. The number of rotatable bonds is 6. The molecule has 7 nitrogen and oxygen atoms in total. The van der Waals surface area contributed by atoms with Crippen LogP contribution >= 0.6 is 0 Å². The Bertz CT molecular complexity index is 1250. The summed E-state index contributed by atoms with van der Waals surface area (Å²) in [5, 5.41) is 24.7. The number of aromatic hydroxyl groups is 1. The molecule has 0 spiro atoms. The number of H-pyrrole nitrogens is 1. The molecule has 1 atom stereocenters. The largest absolute Gasteiger partial charge is 0.508 e. The van der Waals surface area contributed by atoms with Crippen LogP contribution in [-0.2, 0) is 0 Å². The lowest BCUT2D eigenvalue weighted by molar-refractivity contribution is -0.521. The van der Waals surface area contributed by atoms with Gasteiger partial charge in [-0.3, -0.25) is 10.1 Å². The number of aromatic amines is 1. The molecule has 158 valence electrons. The van der Waals surface area contributed by atoms with Crippen LogP contribution in [0.5, 0.6) is 11.5 Å². The molecule has 31 heavy (non-hydrogen) atoms. The molecule has 0 radical (unpaired) electrons. The number of ether oxygens (including phenoxy) is 1. The average molecular weight is 425 g/mol. The monoisotopic (exact) mass is 425 g/mol. The zero-order valence-corrected chi connectivity index (χ0v) is 16.2. The van der Waals surface area contributed by atoms with Crippen molar-refractivity contribution in [2.75, 3.05) is 12.4 Å². The number of methoxy groups -OCH3 is 1. The number of phenolic OH excluding ortho intramolecular Hbond substituents is 1. The third-order valence-electron chi connectivity index (χ3n) is 4.86. The Kier molecular flexibility index (Phi) is 5.16. The van der Waals surface area contributed by atoms with Crippen molar-refractivity contribution in [1.82, 2.24) is 4.98 Å². The molecular formula is C22H17F2N3O4. The van der Waals surface area contributed by atoms with Crippen LogP contribution in [-0.4, -0.2) is 22.1 Å². The van der Waals surface area contributed by atoms with E-state index in [1.807, 2.05) is 0 Å². The van der Waals surface area contributed by atoms with Gasteiger partial charge < -0.3 is 20.1 Å². The van der Waals surface area contributed by atoms with Gasteiger partial charge in [-0.1, -0.05) is 6.07 Å². The van der Waals surface area contributed by atoms with Gasteiger partial charge in [-0.25, -0.2) is 8.78 Å². The van der Waals surface area contributed by atoms with E-state index in [4.69, 9.17) is 4.74 Å². The first-order valence-electron chi connectivity index (χ1n) is 9.21. The van der Waals surface area contributed by atoms with Crippen LogP contribution in [0.4, 0.5) is 14.5 Å². The predicted octanol–water partition coefficient (Wildman–Crippen LogP) is 5.21. The first-order chi connectivity index (χ1) is 14.9. The third-order valence-corrected chi connectivity index (χ3v) is 4.86. The van der Waals surface area contributed by atoms with Gasteiger partial charge in [0.15, 0.2) is 11.6 Å². The van der Waals surface area contributed by atoms with Crippen LogP contribution < -0.4 is 10.1 Å². The second kappa shape index (κ2) is 7.94. The van der Waals surface area contributed by atoms with E-state index < -0.39 is 22.7 Å². The van der Waals surface area contributed by atoms with Crippen LogP contribution in [0.2, 0.25) is 0 Å². The van der Waals surface area contributed by atoms with E-state index in [2.05, 4.69) is 10.3 Å². The minimum Gasteiger partial charge on any atom is -0.508 e. The van der Waals surface area contributed by atoms with E-state index in [9.17, 15) is 24.0 Å². The molecule has 3 aromatic carbocycles. The fourth-order valence-electron chi connectivity index (χ4n) is 3.37. The van der Waals surface area contributed by atoms with Crippen LogP contribution in [0.25, 0.3) is 22.2 Å². The van der Waals surface area contributed by atoms with E-state index in [1.165, 1.54) is 31.4 Å². The smallest absolute Gasteiger partial charge is 0.310 e. The number of hydrogen-bond acceptors (Lipinski definition) is 5. The predicted molar refractivity (Wildman–Crippen MR) is 112 cm³/mol. The number of benzene rings is 3. The Labute approximate surface area is 175 Å². The van der Waals surface area contributed by atoms with E-state index in [0.29, 0.717) is 33.6 Å². The highest BCUT2D eigenvalue weighted by atomic mass is 19.2. The maximum absolute atomic E-state index is 13.5. The molecule has 0 saturated heterocycles. The van der Waals surface area contributed by atoms with Crippen molar-refractivity contribution in [3.8, 4) is 22.8 Å². The normalized spacial score (nSPS) is 12.0. The first-order valence-corrected chi connectivity index (χ1v) is 9.21. The van der Waals surface area contributed by atoms with Crippen LogP contribution in [0.1, 0.15) is 11.7 Å². The Morgan fingerprint density at radius 2 is 1.87 bits per heavy atom. The van der Waals surface area contributed by atoms with Gasteiger partial charge in [0, 0.05) is 28.2 Å². The number of nitrogens with one attached hydrogen (secondary N) is 2. The molecule has 1 heterocycles. The SMILES string of the molecule is COc1ccc(-c2cc3cc(F)c(F)cc3[nH]2)cc1NC(c1cccc(O)c1)[N+](=O)[O-]. The molecular weight excluding hydrogens is 408 g/mol. The third kappa shape index (κ3) is 3.97. The summed E-state index contributed by atoms with van der Waals surface area (Å²) in [5.74, 6) is -1.64. The molecule has 0 aliphatic carbocycles. The lowest BCUT2D eigenvalue weighted by atomic mass is 10.1. The standard InChI is InChI=1S/C22H17F2N3O4/c1-31-21-6-5-12(18-10-14-8-16(23)17(24)11-19(14)25-18)9-20(21)26-22(27(29)30)13-3-2-4-15(28)7-13/h2-11,22,25-26,28H,1H3. The van der Waals surface area contributed by atoms with Crippen molar-refractivity contribution in [1.29, 1.82) is 0 Å². The highest BCUT2D eigenvalue weighted by Crippen LogP contribution is 2.34. The highest BCUT2D eigenvalue weighted by molar-refractivity contribution is 5.86. The molecule has 4 aromatic rings. The molecule has 0 bridgehead atoms. The summed E-state index contributed by atoms with van der Waals surface area (Å²) < 4.78 is 32.4. The van der Waals surface area contributed by atoms with Gasteiger partial charge >= 0.3 is 6.17 Å². The van der Waals surface area contributed by atoms with Crippen LogP contribution in [0.15, 0.2) is 60.7 Å². The number of nitrogens with zero attached hydrogens (tertiary/aromatic N) is 1. The van der Waals surface area contributed by atoms with Gasteiger partial charge in [-0.15, -0.1) is 0 Å². The van der Waals surface area contributed by atoms with Crippen LogP contribution in [0.3, 0.4) is 0 Å². The summed E-state index contributed by atoms with van der Waals surface area (Å²) in [6.45, 7) is 0. The number of hydrogen-bond donors (Lipinski definition) is 3. The lowest BCUT2D eigenvalue weighted by Gasteiger charge is -2.16. The summed E-state index contributed by atoms with van der Waals surface area (Å²) in [6.07, 6.45) is -1.35. The van der Waals surface area contributed by atoms with Crippen molar-refractivity contribution >= 4 is 16.6 Å². The number of halogens is 2. The number of nitro groups is 1. The maximum Gasteiger partial charge on any atom is 0.310 e. The van der Waals surface area contributed by atoms with Crippen LogP contribution in [0, 0.1) is 21.7 Å². The van der Waals surface area contributed by atoms with E-state index in [0.717, 1.165) is 12.1 Å². The Balaban J connectivity index is 1.74. The quantitative estimate of drug-likeness (QED) is 0.224. The van der Waals surface area contributed by atoms with Gasteiger partial charge in [0.2, 0.25) is 0 Å². The minimum atomic E-state index is -1.35. The Morgan fingerprint density at radius 3 is 2.58 bits per heavy atom. The number of phenols is 1.